The summed E-state index contributed by atoms with van der Waals surface area (Å²) in [4.78, 5) is 17.8. The molecule has 148 valence electrons. The third kappa shape index (κ3) is 3.71. The molecule has 29 heavy (non-hydrogen) atoms. The van der Waals surface area contributed by atoms with Gasteiger partial charge in [0.15, 0.2) is 0 Å². The van der Waals surface area contributed by atoms with Gasteiger partial charge in [0.2, 0.25) is 0 Å². The van der Waals surface area contributed by atoms with E-state index in [1.165, 1.54) is 35.7 Å². The molecule has 1 atom stereocenters. The molecule has 4 rings (SSSR count). The maximum atomic E-state index is 14.2. The first kappa shape index (κ1) is 19.1. The van der Waals surface area contributed by atoms with Gasteiger partial charge in [0.1, 0.15) is 5.82 Å². The standard InChI is InChI=1S/C23H22FN3O2/c1-2-27-14-16-11-15(17-5-3-4-6-20(17)24)7-8-18(16)22(27)13-26-21-12-25-10-9-19(21)23(28)29/h3-12,22,26H,2,13-14H2,1H3,(H,28,29). The van der Waals surface area contributed by atoms with Gasteiger partial charge in [-0.3, -0.25) is 9.88 Å². The Bertz CT molecular complexity index is 1050. The molecule has 0 saturated carbocycles. The molecule has 1 unspecified atom stereocenters. The largest absolute Gasteiger partial charge is 0.478 e. The van der Waals surface area contributed by atoms with Crippen LogP contribution in [0.1, 0.15) is 34.5 Å². The van der Waals surface area contributed by atoms with Gasteiger partial charge < -0.3 is 10.4 Å². The van der Waals surface area contributed by atoms with Gasteiger partial charge >= 0.3 is 5.97 Å². The number of fused-ring (bicyclic) bond motifs is 1. The van der Waals surface area contributed by atoms with Crippen molar-refractivity contribution in [1.29, 1.82) is 0 Å². The molecule has 0 saturated heterocycles. The van der Waals surface area contributed by atoms with Crippen molar-refractivity contribution in [3.05, 3.63) is 83.4 Å². The number of carboxylic acids is 1. The van der Waals surface area contributed by atoms with E-state index in [0.29, 0.717) is 17.8 Å². The van der Waals surface area contributed by atoms with Crippen molar-refractivity contribution in [2.45, 2.75) is 19.5 Å². The smallest absolute Gasteiger partial charge is 0.337 e. The Kier molecular flexibility index (Phi) is 5.27. The van der Waals surface area contributed by atoms with Crippen LogP contribution < -0.4 is 5.32 Å². The van der Waals surface area contributed by atoms with Crippen LogP contribution in [-0.4, -0.2) is 34.0 Å². The minimum absolute atomic E-state index is 0.103. The maximum Gasteiger partial charge on any atom is 0.337 e. The maximum absolute atomic E-state index is 14.2. The first-order chi connectivity index (χ1) is 14.1. The van der Waals surface area contributed by atoms with Gasteiger partial charge in [-0.25, -0.2) is 9.18 Å². The van der Waals surface area contributed by atoms with E-state index in [1.54, 1.807) is 12.1 Å². The van der Waals surface area contributed by atoms with Crippen molar-refractivity contribution < 1.29 is 14.3 Å². The molecule has 2 heterocycles. The zero-order chi connectivity index (χ0) is 20.4. The van der Waals surface area contributed by atoms with E-state index in [0.717, 1.165) is 18.7 Å². The van der Waals surface area contributed by atoms with Crippen LogP contribution in [0.5, 0.6) is 0 Å². The summed E-state index contributed by atoms with van der Waals surface area (Å²) in [6, 6.07) is 14.5. The lowest BCUT2D eigenvalue weighted by atomic mass is 9.97. The monoisotopic (exact) mass is 391 g/mol. The zero-order valence-electron chi connectivity index (χ0n) is 16.1. The quantitative estimate of drug-likeness (QED) is 0.644. The second kappa shape index (κ2) is 8.01. The Hall–Kier alpha value is -3.25. The summed E-state index contributed by atoms with van der Waals surface area (Å²) in [7, 11) is 0. The van der Waals surface area contributed by atoms with Gasteiger partial charge in [-0.2, -0.15) is 0 Å². The first-order valence-electron chi connectivity index (χ1n) is 9.61. The van der Waals surface area contributed by atoms with Gasteiger partial charge in [-0.15, -0.1) is 0 Å². The summed E-state index contributed by atoms with van der Waals surface area (Å²) >= 11 is 0. The van der Waals surface area contributed by atoms with Gasteiger partial charge in [-0.05, 0) is 41.4 Å². The fourth-order valence-corrected chi connectivity index (χ4v) is 3.96. The number of benzene rings is 2. The fraction of sp³-hybridized carbons (Fsp3) is 0.217. The van der Waals surface area contributed by atoms with E-state index >= 15 is 0 Å². The summed E-state index contributed by atoms with van der Waals surface area (Å²) in [6.45, 7) is 4.30. The third-order valence-corrected chi connectivity index (χ3v) is 5.44. The molecule has 0 bridgehead atoms. The minimum Gasteiger partial charge on any atom is -0.478 e. The third-order valence-electron chi connectivity index (χ3n) is 5.44. The van der Waals surface area contributed by atoms with Gasteiger partial charge in [-0.1, -0.05) is 37.3 Å². The average Bonchev–Trinajstić information content (AvgIpc) is 3.09. The van der Waals surface area contributed by atoms with Gasteiger partial charge in [0, 0.05) is 24.8 Å². The summed E-state index contributed by atoms with van der Waals surface area (Å²) in [5.41, 5.74) is 4.53. The highest BCUT2D eigenvalue weighted by Gasteiger charge is 2.29. The predicted molar refractivity (Wildman–Crippen MR) is 110 cm³/mol. The normalized spacial score (nSPS) is 15.9. The molecular weight excluding hydrogens is 369 g/mol. The van der Waals surface area contributed by atoms with E-state index in [1.807, 2.05) is 12.1 Å². The van der Waals surface area contributed by atoms with Crippen LogP contribution in [0.4, 0.5) is 10.1 Å². The zero-order valence-corrected chi connectivity index (χ0v) is 16.1. The van der Waals surface area contributed by atoms with Crippen LogP contribution in [0.2, 0.25) is 0 Å². The Labute approximate surface area is 168 Å². The topological polar surface area (TPSA) is 65.5 Å². The van der Waals surface area contributed by atoms with E-state index in [2.05, 4.69) is 34.3 Å². The lowest BCUT2D eigenvalue weighted by molar-refractivity contribution is 0.0697. The number of nitrogens with one attached hydrogen (secondary N) is 1. The molecule has 0 spiro atoms. The van der Waals surface area contributed by atoms with Crippen molar-refractivity contribution in [2.24, 2.45) is 0 Å². The number of carboxylic acid groups (broad SMARTS) is 1. The number of aromatic nitrogens is 1. The van der Waals surface area contributed by atoms with E-state index in [-0.39, 0.29) is 17.4 Å². The summed E-state index contributed by atoms with van der Waals surface area (Å²) in [5.74, 6) is -1.21. The molecule has 5 nitrogen and oxygen atoms in total. The number of hydrogen-bond acceptors (Lipinski definition) is 4. The van der Waals surface area contributed by atoms with E-state index < -0.39 is 5.97 Å². The molecule has 0 radical (unpaired) electrons. The second-order valence-electron chi connectivity index (χ2n) is 7.08. The number of carbonyl (C=O) groups is 1. The van der Waals surface area contributed by atoms with Crippen molar-refractivity contribution in [2.75, 3.05) is 18.4 Å². The molecule has 1 aromatic heterocycles. The number of hydrogen-bond donors (Lipinski definition) is 2. The molecule has 3 aromatic rings. The molecule has 1 aliphatic rings. The van der Waals surface area contributed by atoms with Crippen LogP contribution in [0.3, 0.4) is 0 Å². The lowest BCUT2D eigenvalue weighted by Gasteiger charge is -2.24. The van der Waals surface area contributed by atoms with E-state index in [9.17, 15) is 14.3 Å². The Morgan fingerprint density at radius 3 is 2.86 bits per heavy atom. The van der Waals surface area contributed by atoms with Crippen LogP contribution in [0, 0.1) is 5.82 Å². The molecule has 2 aromatic carbocycles. The number of aromatic carboxylic acids is 1. The summed E-state index contributed by atoms with van der Waals surface area (Å²) in [5, 5.41) is 12.6. The highest BCUT2D eigenvalue weighted by molar-refractivity contribution is 5.93. The van der Waals surface area contributed by atoms with Gasteiger partial charge in [0.25, 0.3) is 0 Å². The number of pyridine rings is 1. The Morgan fingerprint density at radius 1 is 1.28 bits per heavy atom. The number of likely N-dealkylation sites (N-methyl/N-ethyl adjacent to an activating group) is 1. The molecule has 6 heteroatoms. The predicted octanol–water partition coefficient (Wildman–Crippen LogP) is 4.57. The molecule has 0 aliphatic carbocycles. The van der Waals surface area contributed by atoms with Crippen LogP contribution in [-0.2, 0) is 6.54 Å². The molecular formula is C23H22FN3O2. The van der Waals surface area contributed by atoms with Crippen molar-refractivity contribution in [3.8, 4) is 11.1 Å². The lowest BCUT2D eigenvalue weighted by Crippen LogP contribution is -2.27. The van der Waals surface area contributed by atoms with Crippen molar-refractivity contribution in [3.63, 3.8) is 0 Å². The highest BCUT2D eigenvalue weighted by atomic mass is 19.1. The van der Waals surface area contributed by atoms with Crippen molar-refractivity contribution >= 4 is 11.7 Å². The van der Waals surface area contributed by atoms with Crippen LogP contribution in [0.15, 0.2) is 60.9 Å². The van der Waals surface area contributed by atoms with Crippen LogP contribution in [0.25, 0.3) is 11.1 Å². The summed E-state index contributed by atoms with van der Waals surface area (Å²) < 4.78 is 14.2. The van der Waals surface area contributed by atoms with Gasteiger partial charge in [0.05, 0.1) is 23.5 Å². The number of rotatable bonds is 6. The second-order valence-corrected chi connectivity index (χ2v) is 7.08. The number of anilines is 1. The van der Waals surface area contributed by atoms with Crippen molar-refractivity contribution in [1.82, 2.24) is 9.88 Å². The average molecular weight is 391 g/mol. The SMILES string of the molecule is CCN1Cc2cc(-c3ccccc3F)ccc2C1CNc1cnccc1C(=O)O. The summed E-state index contributed by atoms with van der Waals surface area (Å²) in [6.07, 6.45) is 3.01. The number of nitrogens with zero attached hydrogens (tertiary/aromatic N) is 2. The Balaban J connectivity index is 1.60. The fourth-order valence-electron chi connectivity index (χ4n) is 3.96. The Morgan fingerprint density at radius 2 is 2.10 bits per heavy atom. The molecule has 1 aliphatic heterocycles. The number of halogens is 1. The molecule has 2 N–H and O–H groups in total. The van der Waals surface area contributed by atoms with Crippen LogP contribution >= 0.6 is 0 Å². The highest BCUT2D eigenvalue weighted by Crippen LogP contribution is 2.36. The minimum atomic E-state index is -0.983. The first-order valence-corrected chi connectivity index (χ1v) is 9.61. The molecule has 0 fully saturated rings. The van der Waals surface area contributed by atoms with E-state index in [4.69, 9.17) is 0 Å². The molecule has 0 amide bonds.